The average molecular weight is 433 g/mol. The van der Waals surface area contributed by atoms with E-state index in [1.165, 1.54) is 6.20 Å². The first kappa shape index (κ1) is 20.7. The third-order valence-electron chi connectivity index (χ3n) is 5.04. The van der Waals surface area contributed by atoms with E-state index >= 15 is 0 Å². The van der Waals surface area contributed by atoms with E-state index in [9.17, 15) is 4.79 Å². The highest BCUT2D eigenvalue weighted by Gasteiger charge is 2.25. The standard InChI is InChI=1S/C25H21ClN2O3/c1-30-22-14-8-6-12-19(22)24(18-11-5-7-13-21(18)26)28-25(29)20-16-27-31-23(20)15-17-9-3-2-4-10-17/h2-14,16,24H,15H2,1H3,(H,28,29). The molecule has 0 aliphatic carbocycles. The Bertz CT molecular complexity index is 1170. The minimum absolute atomic E-state index is 0.303. The van der Waals surface area contributed by atoms with E-state index in [2.05, 4.69) is 10.5 Å². The normalized spacial score (nSPS) is 11.7. The van der Waals surface area contributed by atoms with Gasteiger partial charge in [-0.1, -0.05) is 83.5 Å². The SMILES string of the molecule is COc1ccccc1C(NC(=O)c1cnoc1Cc1ccccc1)c1ccccc1Cl. The number of nitrogens with zero attached hydrogens (tertiary/aromatic N) is 1. The molecule has 0 radical (unpaired) electrons. The van der Waals surface area contributed by atoms with Crippen LogP contribution in [0.4, 0.5) is 0 Å². The summed E-state index contributed by atoms with van der Waals surface area (Å²) in [5, 5.41) is 7.50. The Morgan fingerprint density at radius 3 is 2.42 bits per heavy atom. The third kappa shape index (κ3) is 4.62. The van der Waals surface area contributed by atoms with Crippen LogP contribution in [-0.4, -0.2) is 18.2 Å². The number of carbonyl (C=O) groups is 1. The lowest BCUT2D eigenvalue weighted by molar-refractivity contribution is 0.0941. The van der Waals surface area contributed by atoms with Crippen molar-refractivity contribution in [2.45, 2.75) is 12.5 Å². The van der Waals surface area contributed by atoms with E-state index in [1.54, 1.807) is 13.2 Å². The molecule has 0 fully saturated rings. The Labute approximate surface area is 185 Å². The zero-order valence-corrected chi connectivity index (χ0v) is 17.7. The number of methoxy groups -OCH3 is 1. The molecule has 1 aromatic heterocycles. The van der Waals surface area contributed by atoms with Crippen molar-refractivity contribution in [1.29, 1.82) is 0 Å². The fraction of sp³-hybridized carbons (Fsp3) is 0.120. The van der Waals surface area contributed by atoms with Gasteiger partial charge < -0.3 is 14.6 Å². The van der Waals surface area contributed by atoms with Gasteiger partial charge >= 0.3 is 0 Å². The van der Waals surface area contributed by atoms with Crippen LogP contribution in [0.2, 0.25) is 5.02 Å². The predicted molar refractivity (Wildman–Crippen MR) is 120 cm³/mol. The van der Waals surface area contributed by atoms with Crippen molar-refractivity contribution in [1.82, 2.24) is 10.5 Å². The van der Waals surface area contributed by atoms with Gasteiger partial charge in [-0.25, -0.2) is 0 Å². The zero-order valence-electron chi connectivity index (χ0n) is 16.9. The second kappa shape index (κ2) is 9.49. The molecule has 156 valence electrons. The minimum Gasteiger partial charge on any atom is -0.496 e. The van der Waals surface area contributed by atoms with Gasteiger partial charge in [0.2, 0.25) is 0 Å². The lowest BCUT2D eigenvalue weighted by atomic mass is 9.97. The Balaban J connectivity index is 1.68. The summed E-state index contributed by atoms with van der Waals surface area (Å²) in [4.78, 5) is 13.3. The highest BCUT2D eigenvalue weighted by molar-refractivity contribution is 6.31. The summed E-state index contributed by atoms with van der Waals surface area (Å²) in [5.41, 5.74) is 2.98. The number of halogens is 1. The average Bonchev–Trinajstić information content (AvgIpc) is 3.27. The van der Waals surface area contributed by atoms with Gasteiger partial charge in [-0.3, -0.25) is 4.79 Å². The number of benzene rings is 3. The van der Waals surface area contributed by atoms with Crippen LogP contribution in [0.25, 0.3) is 0 Å². The number of carbonyl (C=O) groups excluding carboxylic acids is 1. The van der Waals surface area contributed by atoms with Crippen LogP contribution < -0.4 is 10.1 Å². The van der Waals surface area contributed by atoms with Gasteiger partial charge in [0.15, 0.2) is 5.76 Å². The second-order valence-electron chi connectivity index (χ2n) is 6.99. The molecule has 0 saturated heterocycles. The predicted octanol–water partition coefficient (Wildman–Crippen LogP) is 5.45. The fourth-order valence-corrected chi connectivity index (χ4v) is 3.75. The molecule has 0 bridgehead atoms. The summed E-state index contributed by atoms with van der Waals surface area (Å²) in [5.74, 6) is 0.854. The Kier molecular flexibility index (Phi) is 6.34. The lowest BCUT2D eigenvalue weighted by Crippen LogP contribution is -2.30. The Hall–Kier alpha value is -3.57. The van der Waals surface area contributed by atoms with Crippen LogP contribution in [0.3, 0.4) is 0 Å². The molecule has 6 heteroatoms. The third-order valence-corrected chi connectivity index (χ3v) is 5.38. The number of amides is 1. The number of aromatic nitrogens is 1. The lowest BCUT2D eigenvalue weighted by Gasteiger charge is -2.22. The van der Waals surface area contributed by atoms with E-state index in [1.807, 2.05) is 72.8 Å². The number of rotatable bonds is 7. The number of para-hydroxylation sites is 1. The monoisotopic (exact) mass is 432 g/mol. The summed E-state index contributed by atoms with van der Waals surface area (Å²) >= 11 is 6.49. The van der Waals surface area contributed by atoms with Crippen molar-refractivity contribution in [3.8, 4) is 5.75 Å². The smallest absolute Gasteiger partial charge is 0.257 e. The highest BCUT2D eigenvalue weighted by atomic mass is 35.5. The van der Waals surface area contributed by atoms with Crippen LogP contribution >= 0.6 is 11.6 Å². The molecule has 0 aliphatic rings. The van der Waals surface area contributed by atoms with Gasteiger partial charge in [-0.15, -0.1) is 0 Å². The number of hydrogen-bond acceptors (Lipinski definition) is 4. The maximum absolute atomic E-state index is 13.3. The molecule has 3 aromatic carbocycles. The summed E-state index contributed by atoms with van der Waals surface area (Å²) in [7, 11) is 1.60. The van der Waals surface area contributed by atoms with Crippen LogP contribution in [0.15, 0.2) is 89.6 Å². The molecule has 0 aliphatic heterocycles. The van der Waals surface area contributed by atoms with Crippen molar-refractivity contribution in [3.05, 3.63) is 118 Å². The van der Waals surface area contributed by atoms with Crippen LogP contribution in [0.5, 0.6) is 5.75 Å². The molecule has 0 spiro atoms. The molecule has 4 rings (SSSR count). The Morgan fingerprint density at radius 2 is 1.68 bits per heavy atom. The zero-order chi connectivity index (χ0) is 21.6. The van der Waals surface area contributed by atoms with Crippen LogP contribution in [-0.2, 0) is 6.42 Å². The quantitative estimate of drug-likeness (QED) is 0.422. The van der Waals surface area contributed by atoms with Gasteiger partial charge in [0, 0.05) is 17.0 Å². The number of hydrogen-bond donors (Lipinski definition) is 1. The van der Waals surface area contributed by atoms with E-state index in [-0.39, 0.29) is 5.91 Å². The van der Waals surface area contributed by atoms with E-state index in [4.69, 9.17) is 20.9 Å². The van der Waals surface area contributed by atoms with Gasteiger partial charge in [0.1, 0.15) is 11.3 Å². The fourth-order valence-electron chi connectivity index (χ4n) is 3.50. The summed E-state index contributed by atoms with van der Waals surface area (Å²) in [6, 6.07) is 24.2. The summed E-state index contributed by atoms with van der Waals surface area (Å²) in [6.07, 6.45) is 1.91. The molecule has 1 unspecified atom stereocenters. The van der Waals surface area contributed by atoms with Crippen molar-refractivity contribution in [3.63, 3.8) is 0 Å². The van der Waals surface area contributed by atoms with Crippen molar-refractivity contribution < 1.29 is 14.1 Å². The molecule has 31 heavy (non-hydrogen) atoms. The summed E-state index contributed by atoms with van der Waals surface area (Å²) in [6.45, 7) is 0. The summed E-state index contributed by atoms with van der Waals surface area (Å²) < 4.78 is 10.9. The maximum atomic E-state index is 13.3. The molecule has 1 N–H and O–H groups in total. The molecule has 1 atom stereocenters. The first-order valence-corrected chi connectivity index (χ1v) is 10.2. The molecular formula is C25H21ClN2O3. The van der Waals surface area contributed by atoms with Crippen molar-refractivity contribution in [2.75, 3.05) is 7.11 Å². The number of nitrogens with one attached hydrogen (secondary N) is 1. The van der Waals surface area contributed by atoms with E-state index < -0.39 is 6.04 Å². The van der Waals surface area contributed by atoms with Crippen LogP contribution in [0.1, 0.15) is 38.9 Å². The molecule has 5 nitrogen and oxygen atoms in total. The van der Waals surface area contributed by atoms with Gasteiger partial charge in [0.05, 0.1) is 19.3 Å². The first-order chi connectivity index (χ1) is 15.2. The molecule has 0 saturated carbocycles. The largest absolute Gasteiger partial charge is 0.496 e. The van der Waals surface area contributed by atoms with Gasteiger partial charge in [0.25, 0.3) is 5.91 Å². The minimum atomic E-state index is -0.517. The van der Waals surface area contributed by atoms with Crippen molar-refractivity contribution >= 4 is 17.5 Å². The molecule has 4 aromatic rings. The maximum Gasteiger partial charge on any atom is 0.257 e. The molecule has 1 heterocycles. The Morgan fingerprint density at radius 1 is 1.00 bits per heavy atom. The van der Waals surface area contributed by atoms with E-state index in [0.717, 1.165) is 16.7 Å². The number of ether oxygens (including phenoxy) is 1. The molecule has 1 amide bonds. The topological polar surface area (TPSA) is 64.4 Å². The van der Waals surface area contributed by atoms with Gasteiger partial charge in [-0.2, -0.15) is 0 Å². The van der Waals surface area contributed by atoms with Crippen LogP contribution in [0, 0.1) is 0 Å². The van der Waals surface area contributed by atoms with E-state index in [0.29, 0.717) is 28.5 Å². The van der Waals surface area contributed by atoms with Gasteiger partial charge in [-0.05, 0) is 23.3 Å². The highest BCUT2D eigenvalue weighted by Crippen LogP contribution is 2.34. The first-order valence-electron chi connectivity index (χ1n) is 9.83. The second-order valence-corrected chi connectivity index (χ2v) is 7.40. The molecular weight excluding hydrogens is 412 g/mol. The van der Waals surface area contributed by atoms with Crippen molar-refractivity contribution in [2.24, 2.45) is 0 Å².